The quantitative estimate of drug-likeness (QED) is 0.402. The van der Waals surface area contributed by atoms with E-state index >= 15 is 0 Å². The molecular formula is C10H8O3S. The van der Waals surface area contributed by atoms with Crippen molar-refractivity contribution in [3.05, 3.63) is 28.0 Å². The Labute approximate surface area is 85.0 Å². The first-order chi connectivity index (χ1) is 6.75. The van der Waals surface area contributed by atoms with Crippen LogP contribution in [0.25, 0.3) is 6.08 Å². The fourth-order valence-electron chi connectivity index (χ4n) is 1.23. The lowest BCUT2D eigenvalue weighted by Crippen LogP contribution is -2.20. The van der Waals surface area contributed by atoms with E-state index in [9.17, 15) is 9.59 Å². The lowest BCUT2D eigenvalue weighted by Gasteiger charge is -2.11. The van der Waals surface area contributed by atoms with E-state index in [2.05, 4.69) is 4.74 Å². The van der Waals surface area contributed by atoms with E-state index in [1.165, 1.54) is 0 Å². The van der Waals surface area contributed by atoms with Gasteiger partial charge in [-0.15, -0.1) is 11.3 Å². The maximum Gasteiger partial charge on any atom is 0.341 e. The van der Waals surface area contributed by atoms with Crippen LogP contribution in [0.5, 0.6) is 0 Å². The Morgan fingerprint density at radius 2 is 2.21 bits per heavy atom. The van der Waals surface area contributed by atoms with Crippen molar-refractivity contribution in [2.75, 3.05) is 0 Å². The van der Waals surface area contributed by atoms with Gasteiger partial charge in [0.15, 0.2) is 0 Å². The normalized spacial score (nSPS) is 19.9. The van der Waals surface area contributed by atoms with Crippen molar-refractivity contribution in [1.82, 2.24) is 0 Å². The molecule has 0 aromatic carbocycles. The second-order valence-corrected chi connectivity index (χ2v) is 3.93. The van der Waals surface area contributed by atoms with Crippen molar-refractivity contribution in [1.29, 1.82) is 0 Å². The van der Waals surface area contributed by atoms with Crippen LogP contribution in [0.1, 0.15) is 17.7 Å². The summed E-state index contributed by atoms with van der Waals surface area (Å²) in [6, 6.07) is 3.83. The fraction of sp³-hybridized carbons (Fsp3) is 0.200. The Morgan fingerprint density at radius 3 is 2.86 bits per heavy atom. The summed E-state index contributed by atoms with van der Waals surface area (Å²) in [5.74, 6) is -0.937. The van der Waals surface area contributed by atoms with Crippen LogP contribution in [0.15, 0.2) is 23.1 Å². The lowest BCUT2D eigenvalue weighted by atomic mass is 10.1. The summed E-state index contributed by atoms with van der Waals surface area (Å²) in [6.45, 7) is 0. The van der Waals surface area contributed by atoms with Gasteiger partial charge in [-0.2, -0.15) is 0 Å². The second kappa shape index (κ2) is 3.75. The molecule has 2 rings (SSSR count). The zero-order chi connectivity index (χ0) is 9.97. The Balaban J connectivity index is 2.19. The maximum atomic E-state index is 11.2. The Kier molecular flexibility index (Phi) is 2.45. The van der Waals surface area contributed by atoms with E-state index in [4.69, 9.17) is 0 Å². The van der Waals surface area contributed by atoms with Crippen LogP contribution in [0, 0.1) is 0 Å². The molecule has 0 spiro atoms. The molecule has 4 heteroatoms. The van der Waals surface area contributed by atoms with Gasteiger partial charge in [-0.1, -0.05) is 6.07 Å². The number of esters is 2. The Hall–Kier alpha value is -1.42. The summed E-state index contributed by atoms with van der Waals surface area (Å²) in [5, 5.41) is 1.94. The average Bonchev–Trinajstić information content (AvgIpc) is 2.62. The van der Waals surface area contributed by atoms with Crippen LogP contribution in [-0.2, 0) is 14.3 Å². The van der Waals surface area contributed by atoms with Crippen molar-refractivity contribution in [2.24, 2.45) is 0 Å². The summed E-state index contributed by atoms with van der Waals surface area (Å²) in [6.07, 6.45) is 2.55. The number of cyclic esters (lactones) is 2. The van der Waals surface area contributed by atoms with Crippen LogP contribution in [0.4, 0.5) is 0 Å². The van der Waals surface area contributed by atoms with Crippen LogP contribution in [0.2, 0.25) is 0 Å². The number of thiophene rings is 1. The van der Waals surface area contributed by atoms with Crippen LogP contribution in [0.3, 0.4) is 0 Å². The summed E-state index contributed by atoms with van der Waals surface area (Å²) in [7, 11) is 0. The van der Waals surface area contributed by atoms with Crippen LogP contribution >= 0.6 is 11.3 Å². The molecule has 0 unspecified atom stereocenters. The van der Waals surface area contributed by atoms with Crippen molar-refractivity contribution in [3.8, 4) is 0 Å². The molecule has 72 valence electrons. The van der Waals surface area contributed by atoms with Gasteiger partial charge in [-0.05, 0) is 23.9 Å². The number of hydrogen-bond acceptors (Lipinski definition) is 4. The lowest BCUT2D eigenvalue weighted by molar-refractivity contribution is -0.159. The molecule has 1 fully saturated rings. The van der Waals surface area contributed by atoms with E-state index in [0.717, 1.165) is 4.88 Å². The number of rotatable bonds is 1. The molecule has 1 aromatic heterocycles. The molecule has 0 saturated carbocycles. The average molecular weight is 208 g/mol. The third kappa shape index (κ3) is 1.90. The minimum Gasteiger partial charge on any atom is -0.390 e. The van der Waals surface area contributed by atoms with Crippen LogP contribution in [-0.4, -0.2) is 11.9 Å². The highest BCUT2D eigenvalue weighted by molar-refractivity contribution is 7.10. The number of carbonyl (C=O) groups is 2. The van der Waals surface area contributed by atoms with Gasteiger partial charge in [0.25, 0.3) is 0 Å². The second-order valence-electron chi connectivity index (χ2n) is 2.95. The summed E-state index contributed by atoms with van der Waals surface area (Å²) < 4.78 is 4.51. The summed E-state index contributed by atoms with van der Waals surface area (Å²) in [5.41, 5.74) is 0.576. The minimum atomic E-state index is -0.505. The SMILES string of the molecule is O=C1CC/C(=C\c2cccs2)C(=O)O1. The van der Waals surface area contributed by atoms with Crippen molar-refractivity contribution in [2.45, 2.75) is 12.8 Å². The highest BCUT2D eigenvalue weighted by Gasteiger charge is 2.22. The molecule has 0 bridgehead atoms. The predicted molar refractivity (Wildman–Crippen MR) is 52.6 cm³/mol. The fourth-order valence-corrected chi connectivity index (χ4v) is 1.92. The zero-order valence-electron chi connectivity index (χ0n) is 7.36. The van der Waals surface area contributed by atoms with E-state index < -0.39 is 11.9 Å². The Morgan fingerprint density at radius 1 is 1.36 bits per heavy atom. The van der Waals surface area contributed by atoms with Gasteiger partial charge in [0.05, 0.1) is 6.42 Å². The van der Waals surface area contributed by atoms with E-state index in [-0.39, 0.29) is 0 Å². The topological polar surface area (TPSA) is 43.4 Å². The molecule has 0 amide bonds. The van der Waals surface area contributed by atoms with E-state index in [1.807, 2.05) is 17.5 Å². The highest BCUT2D eigenvalue weighted by Crippen LogP contribution is 2.20. The third-order valence-electron chi connectivity index (χ3n) is 1.93. The highest BCUT2D eigenvalue weighted by atomic mass is 32.1. The van der Waals surface area contributed by atoms with Crippen LogP contribution < -0.4 is 0 Å². The molecule has 14 heavy (non-hydrogen) atoms. The predicted octanol–water partition coefficient (Wildman–Crippen LogP) is 2.00. The first kappa shape index (κ1) is 9.15. The molecule has 1 aliphatic rings. The van der Waals surface area contributed by atoms with Gasteiger partial charge < -0.3 is 4.74 Å². The first-order valence-corrected chi connectivity index (χ1v) is 5.13. The van der Waals surface area contributed by atoms with Crippen molar-refractivity contribution < 1.29 is 14.3 Å². The smallest absolute Gasteiger partial charge is 0.341 e. The minimum absolute atomic E-state index is 0.295. The number of carbonyl (C=O) groups excluding carboxylic acids is 2. The molecule has 2 heterocycles. The van der Waals surface area contributed by atoms with Gasteiger partial charge in [-0.25, -0.2) is 4.79 Å². The van der Waals surface area contributed by atoms with Crippen molar-refractivity contribution >= 4 is 29.4 Å². The van der Waals surface area contributed by atoms with Gasteiger partial charge >= 0.3 is 11.9 Å². The first-order valence-electron chi connectivity index (χ1n) is 4.25. The molecule has 1 aliphatic heterocycles. The molecule has 3 nitrogen and oxygen atoms in total. The van der Waals surface area contributed by atoms with E-state index in [0.29, 0.717) is 18.4 Å². The molecule has 0 atom stereocenters. The molecule has 0 N–H and O–H groups in total. The van der Waals surface area contributed by atoms with Crippen molar-refractivity contribution in [3.63, 3.8) is 0 Å². The summed E-state index contributed by atoms with van der Waals surface area (Å²) in [4.78, 5) is 23.0. The molecule has 0 aliphatic carbocycles. The molecule has 1 saturated heterocycles. The standard InChI is InChI=1S/C10H8O3S/c11-9-4-3-7(10(12)13-9)6-8-2-1-5-14-8/h1-2,5-6H,3-4H2/b7-6+. The Bertz CT molecular complexity index is 390. The third-order valence-corrected chi connectivity index (χ3v) is 2.75. The maximum absolute atomic E-state index is 11.2. The zero-order valence-corrected chi connectivity index (χ0v) is 8.17. The van der Waals surface area contributed by atoms with Gasteiger partial charge in [0, 0.05) is 10.5 Å². The largest absolute Gasteiger partial charge is 0.390 e. The molecular weight excluding hydrogens is 200 g/mol. The monoisotopic (exact) mass is 208 g/mol. The van der Waals surface area contributed by atoms with E-state index in [1.54, 1.807) is 17.4 Å². The number of hydrogen-bond donors (Lipinski definition) is 0. The summed E-state index contributed by atoms with van der Waals surface area (Å²) >= 11 is 1.55. The molecule has 1 aromatic rings. The van der Waals surface area contributed by atoms with Gasteiger partial charge in [0.2, 0.25) is 0 Å². The number of ether oxygens (including phenoxy) is 1. The molecule has 0 radical (unpaired) electrons. The van der Waals surface area contributed by atoms with Gasteiger partial charge in [0.1, 0.15) is 0 Å². The van der Waals surface area contributed by atoms with Gasteiger partial charge in [-0.3, -0.25) is 4.79 Å².